The molecular formula is C16H27N3O2. The van der Waals surface area contributed by atoms with E-state index in [-0.39, 0.29) is 0 Å². The number of nitrogen functional groups attached to an aromatic ring is 1. The first kappa shape index (κ1) is 16.1. The van der Waals surface area contributed by atoms with E-state index < -0.39 is 5.60 Å². The van der Waals surface area contributed by atoms with Gasteiger partial charge in [-0.05, 0) is 31.5 Å². The Balaban J connectivity index is 1.87. The van der Waals surface area contributed by atoms with Crippen molar-refractivity contribution in [2.24, 2.45) is 0 Å². The Morgan fingerprint density at radius 3 is 2.33 bits per heavy atom. The van der Waals surface area contributed by atoms with Crippen molar-refractivity contribution in [2.75, 3.05) is 45.6 Å². The van der Waals surface area contributed by atoms with Gasteiger partial charge in [0.1, 0.15) is 5.75 Å². The summed E-state index contributed by atoms with van der Waals surface area (Å²) < 4.78 is 5.26. The third-order valence-corrected chi connectivity index (χ3v) is 3.71. The smallest absolute Gasteiger partial charge is 0.121 e. The standard InChI is InChI=1S/C16H27N3O2/c1-16(2,20)12-19-6-4-18(5-7-19)11-13-8-14(17)10-15(9-13)21-3/h8-10,20H,4-7,11-12,17H2,1-3H3. The highest BCUT2D eigenvalue weighted by atomic mass is 16.5. The molecule has 0 bridgehead atoms. The number of nitrogens with zero attached hydrogens (tertiary/aromatic N) is 2. The summed E-state index contributed by atoms with van der Waals surface area (Å²) in [7, 11) is 1.66. The van der Waals surface area contributed by atoms with Crippen LogP contribution in [0.3, 0.4) is 0 Å². The summed E-state index contributed by atoms with van der Waals surface area (Å²) in [5.74, 6) is 0.811. The molecule has 0 unspecified atom stereocenters. The molecule has 1 heterocycles. The summed E-state index contributed by atoms with van der Waals surface area (Å²) in [6.45, 7) is 9.33. The lowest BCUT2D eigenvalue weighted by molar-refractivity contribution is 0.0166. The van der Waals surface area contributed by atoms with Crippen LogP contribution in [0.25, 0.3) is 0 Å². The van der Waals surface area contributed by atoms with Crippen LogP contribution in [-0.4, -0.2) is 60.3 Å². The first-order chi connectivity index (χ1) is 9.85. The van der Waals surface area contributed by atoms with Gasteiger partial charge in [-0.3, -0.25) is 9.80 Å². The highest BCUT2D eigenvalue weighted by molar-refractivity contribution is 5.47. The minimum absolute atomic E-state index is 0.622. The van der Waals surface area contributed by atoms with Crippen molar-refractivity contribution < 1.29 is 9.84 Å². The van der Waals surface area contributed by atoms with Crippen LogP contribution < -0.4 is 10.5 Å². The van der Waals surface area contributed by atoms with Crippen LogP contribution in [0.5, 0.6) is 5.75 Å². The number of piperazine rings is 1. The third-order valence-electron chi connectivity index (χ3n) is 3.71. The van der Waals surface area contributed by atoms with E-state index in [2.05, 4.69) is 9.80 Å². The highest BCUT2D eigenvalue weighted by Crippen LogP contribution is 2.20. The van der Waals surface area contributed by atoms with Gasteiger partial charge in [-0.15, -0.1) is 0 Å². The van der Waals surface area contributed by atoms with Crippen LogP contribution in [0.2, 0.25) is 0 Å². The van der Waals surface area contributed by atoms with Gasteiger partial charge in [0.25, 0.3) is 0 Å². The van der Waals surface area contributed by atoms with Gasteiger partial charge in [0, 0.05) is 51.0 Å². The van der Waals surface area contributed by atoms with E-state index in [1.807, 2.05) is 32.0 Å². The molecule has 5 heteroatoms. The summed E-state index contributed by atoms with van der Waals surface area (Å²) in [6, 6.07) is 5.88. The maximum absolute atomic E-state index is 9.88. The van der Waals surface area contributed by atoms with Crippen LogP contribution >= 0.6 is 0 Å². The normalized spacial score (nSPS) is 17.9. The quantitative estimate of drug-likeness (QED) is 0.798. The Hall–Kier alpha value is -1.30. The SMILES string of the molecule is COc1cc(N)cc(CN2CCN(CC(C)(C)O)CC2)c1. The van der Waals surface area contributed by atoms with E-state index in [0.717, 1.165) is 50.7 Å². The van der Waals surface area contributed by atoms with E-state index in [1.165, 1.54) is 5.56 Å². The predicted octanol–water partition coefficient (Wildman–Crippen LogP) is 1.17. The summed E-state index contributed by atoms with van der Waals surface area (Å²) in [5.41, 5.74) is 7.20. The van der Waals surface area contributed by atoms with E-state index in [0.29, 0.717) is 0 Å². The Morgan fingerprint density at radius 2 is 1.76 bits per heavy atom. The fraction of sp³-hybridized carbons (Fsp3) is 0.625. The number of anilines is 1. The molecule has 1 fully saturated rings. The van der Waals surface area contributed by atoms with Crippen molar-refractivity contribution >= 4 is 5.69 Å². The van der Waals surface area contributed by atoms with Crippen molar-refractivity contribution in [1.82, 2.24) is 9.80 Å². The number of β-amino-alcohol motifs (C(OH)–C–C–N with tert-alkyl or cyclic N) is 1. The molecule has 1 aliphatic rings. The Labute approximate surface area is 127 Å². The van der Waals surface area contributed by atoms with Crippen LogP contribution in [0.15, 0.2) is 18.2 Å². The van der Waals surface area contributed by atoms with Gasteiger partial charge in [0.15, 0.2) is 0 Å². The number of methoxy groups -OCH3 is 1. The molecule has 21 heavy (non-hydrogen) atoms. The van der Waals surface area contributed by atoms with Crippen LogP contribution in [0.4, 0.5) is 5.69 Å². The summed E-state index contributed by atoms with van der Waals surface area (Å²) in [5, 5.41) is 9.88. The van der Waals surface area contributed by atoms with Gasteiger partial charge in [0.2, 0.25) is 0 Å². The van der Waals surface area contributed by atoms with Crippen molar-refractivity contribution in [3.63, 3.8) is 0 Å². The van der Waals surface area contributed by atoms with Gasteiger partial charge in [-0.25, -0.2) is 0 Å². The minimum Gasteiger partial charge on any atom is -0.497 e. The molecule has 118 valence electrons. The average molecular weight is 293 g/mol. The lowest BCUT2D eigenvalue weighted by Gasteiger charge is -2.37. The molecule has 1 aliphatic heterocycles. The molecule has 0 amide bonds. The van der Waals surface area contributed by atoms with Gasteiger partial charge in [-0.1, -0.05) is 0 Å². The predicted molar refractivity (Wildman–Crippen MR) is 85.4 cm³/mol. The second-order valence-electron chi connectivity index (χ2n) is 6.48. The zero-order valence-electron chi connectivity index (χ0n) is 13.3. The largest absolute Gasteiger partial charge is 0.497 e. The molecule has 3 N–H and O–H groups in total. The second-order valence-corrected chi connectivity index (χ2v) is 6.48. The topological polar surface area (TPSA) is 62.0 Å². The maximum Gasteiger partial charge on any atom is 0.121 e. The van der Waals surface area contributed by atoms with Crippen molar-refractivity contribution in [3.05, 3.63) is 23.8 Å². The average Bonchev–Trinajstić information content (AvgIpc) is 2.38. The van der Waals surface area contributed by atoms with Crippen LogP contribution in [0.1, 0.15) is 19.4 Å². The molecule has 0 saturated carbocycles. The van der Waals surface area contributed by atoms with Crippen LogP contribution in [-0.2, 0) is 6.54 Å². The Morgan fingerprint density at radius 1 is 1.14 bits per heavy atom. The Bertz CT molecular complexity index is 463. The van der Waals surface area contributed by atoms with Crippen molar-refractivity contribution in [3.8, 4) is 5.75 Å². The van der Waals surface area contributed by atoms with E-state index in [4.69, 9.17) is 10.5 Å². The molecule has 2 rings (SSSR count). The number of ether oxygens (including phenoxy) is 1. The fourth-order valence-electron chi connectivity index (χ4n) is 2.81. The molecule has 1 aromatic rings. The van der Waals surface area contributed by atoms with Crippen molar-refractivity contribution in [2.45, 2.75) is 26.0 Å². The van der Waals surface area contributed by atoms with Gasteiger partial charge in [-0.2, -0.15) is 0 Å². The second kappa shape index (κ2) is 6.64. The molecule has 0 atom stereocenters. The molecule has 0 spiro atoms. The lowest BCUT2D eigenvalue weighted by Crippen LogP contribution is -2.50. The summed E-state index contributed by atoms with van der Waals surface area (Å²) in [4.78, 5) is 4.73. The summed E-state index contributed by atoms with van der Waals surface area (Å²) in [6.07, 6.45) is 0. The molecule has 0 aliphatic carbocycles. The number of hydrogen-bond donors (Lipinski definition) is 2. The molecule has 0 radical (unpaired) electrons. The van der Waals surface area contributed by atoms with Crippen molar-refractivity contribution in [1.29, 1.82) is 0 Å². The lowest BCUT2D eigenvalue weighted by atomic mass is 10.1. The molecule has 1 saturated heterocycles. The summed E-state index contributed by atoms with van der Waals surface area (Å²) >= 11 is 0. The van der Waals surface area contributed by atoms with Gasteiger partial charge < -0.3 is 15.6 Å². The maximum atomic E-state index is 9.88. The zero-order valence-corrected chi connectivity index (χ0v) is 13.3. The number of nitrogens with two attached hydrogens (primary N) is 1. The third kappa shape index (κ3) is 5.19. The van der Waals surface area contributed by atoms with E-state index >= 15 is 0 Å². The van der Waals surface area contributed by atoms with E-state index in [9.17, 15) is 5.11 Å². The van der Waals surface area contributed by atoms with Crippen LogP contribution in [0, 0.1) is 0 Å². The highest BCUT2D eigenvalue weighted by Gasteiger charge is 2.22. The molecular weight excluding hydrogens is 266 g/mol. The van der Waals surface area contributed by atoms with Gasteiger partial charge in [0.05, 0.1) is 12.7 Å². The number of benzene rings is 1. The number of hydrogen-bond acceptors (Lipinski definition) is 5. The van der Waals surface area contributed by atoms with Gasteiger partial charge >= 0.3 is 0 Å². The first-order valence-corrected chi connectivity index (χ1v) is 7.46. The molecule has 1 aromatic carbocycles. The van der Waals surface area contributed by atoms with E-state index in [1.54, 1.807) is 7.11 Å². The monoisotopic (exact) mass is 293 g/mol. The first-order valence-electron chi connectivity index (χ1n) is 7.46. The molecule has 5 nitrogen and oxygen atoms in total. The zero-order chi connectivity index (χ0) is 15.5. The fourth-order valence-corrected chi connectivity index (χ4v) is 2.81. The number of aliphatic hydroxyl groups is 1. The molecule has 0 aromatic heterocycles. The Kier molecular flexibility index (Phi) is 5.08. The number of rotatable bonds is 5. The minimum atomic E-state index is -0.622.